The molecule has 6 heteroatoms. The summed E-state index contributed by atoms with van der Waals surface area (Å²) in [6, 6.07) is 7.12. The summed E-state index contributed by atoms with van der Waals surface area (Å²) in [6.07, 6.45) is 0. The Hall–Kier alpha value is -2.05. The number of fused-ring (bicyclic) bond motifs is 1. The summed E-state index contributed by atoms with van der Waals surface area (Å²) < 4.78 is 11.0. The van der Waals surface area contributed by atoms with Crippen LogP contribution < -0.4 is 4.74 Å². The Balaban J connectivity index is 1.85. The summed E-state index contributed by atoms with van der Waals surface area (Å²) in [5, 5.41) is 9.80. The molecule has 6 nitrogen and oxygen atoms in total. The zero-order valence-corrected chi connectivity index (χ0v) is 13.0. The van der Waals surface area contributed by atoms with Gasteiger partial charge in [-0.05, 0) is 38.2 Å². The highest BCUT2D eigenvalue weighted by Gasteiger charge is 2.08. The molecule has 1 aromatic heterocycles. The third-order valence-electron chi connectivity index (χ3n) is 3.39. The van der Waals surface area contributed by atoms with Gasteiger partial charge in [0.15, 0.2) is 0 Å². The molecule has 0 amide bonds. The van der Waals surface area contributed by atoms with Gasteiger partial charge in [-0.3, -0.25) is 0 Å². The monoisotopic (exact) mass is 306 g/mol. The molecule has 0 spiro atoms. The van der Waals surface area contributed by atoms with Gasteiger partial charge in [-0.15, -0.1) is 0 Å². The number of H-pyrrole nitrogens is 1. The number of nitrogens with zero attached hydrogens (tertiary/aromatic N) is 1. The Morgan fingerprint density at radius 2 is 2.05 bits per heavy atom. The fourth-order valence-corrected chi connectivity index (χ4v) is 2.11. The van der Waals surface area contributed by atoms with E-state index in [1.807, 2.05) is 32.2 Å². The molecule has 0 saturated heterocycles. The summed E-state index contributed by atoms with van der Waals surface area (Å²) in [5.41, 5.74) is 0.974. The lowest BCUT2D eigenvalue weighted by atomic mass is 10.2. The van der Waals surface area contributed by atoms with Crippen LogP contribution in [-0.2, 0) is 4.74 Å². The lowest BCUT2D eigenvalue weighted by Crippen LogP contribution is -2.27. The number of aromatic amines is 1. The fourth-order valence-electron chi connectivity index (χ4n) is 2.11. The number of benzene rings is 1. The van der Waals surface area contributed by atoms with Crippen molar-refractivity contribution >= 4 is 16.9 Å². The van der Waals surface area contributed by atoms with Crippen molar-refractivity contribution in [3.63, 3.8) is 0 Å². The first-order valence-corrected chi connectivity index (χ1v) is 7.35. The van der Waals surface area contributed by atoms with Crippen LogP contribution in [0.1, 0.15) is 17.4 Å². The largest absolute Gasteiger partial charge is 0.492 e. The summed E-state index contributed by atoms with van der Waals surface area (Å²) in [7, 11) is 2.02. The number of carbonyl (C=O) groups is 1. The molecule has 0 aliphatic carbocycles. The van der Waals surface area contributed by atoms with Crippen LogP contribution in [0.15, 0.2) is 24.3 Å². The van der Waals surface area contributed by atoms with E-state index in [-0.39, 0.29) is 5.69 Å². The average molecular weight is 306 g/mol. The van der Waals surface area contributed by atoms with Crippen molar-refractivity contribution in [3.8, 4) is 5.75 Å². The minimum atomic E-state index is -0.963. The predicted octanol–water partition coefficient (Wildman–Crippen LogP) is 2.21. The van der Waals surface area contributed by atoms with Crippen LogP contribution in [0, 0.1) is 0 Å². The standard InChI is InChI=1S/C16H22N2O4/c1-3-21-8-6-18(2)7-9-22-13-4-5-14-12(10-13)11-15(17-14)16(19)20/h4-5,10-11,17H,3,6-9H2,1-2H3,(H,19,20). The van der Waals surface area contributed by atoms with Gasteiger partial charge in [0.05, 0.1) is 6.61 Å². The Kier molecular flexibility index (Phi) is 5.80. The van der Waals surface area contributed by atoms with Crippen molar-refractivity contribution in [1.82, 2.24) is 9.88 Å². The van der Waals surface area contributed by atoms with Gasteiger partial charge in [-0.1, -0.05) is 0 Å². The van der Waals surface area contributed by atoms with Gasteiger partial charge in [0.25, 0.3) is 0 Å². The van der Waals surface area contributed by atoms with Crippen LogP contribution in [0.25, 0.3) is 10.9 Å². The number of likely N-dealkylation sites (N-methyl/N-ethyl adjacent to an activating group) is 1. The molecule has 0 aliphatic heterocycles. The van der Waals surface area contributed by atoms with Crippen molar-refractivity contribution in [2.75, 3.05) is 40.0 Å². The number of aromatic nitrogens is 1. The van der Waals surface area contributed by atoms with Crippen LogP contribution in [-0.4, -0.2) is 60.9 Å². The second kappa shape index (κ2) is 7.82. The molecule has 0 atom stereocenters. The smallest absolute Gasteiger partial charge is 0.352 e. The molecule has 0 saturated carbocycles. The maximum Gasteiger partial charge on any atom is 0.352 e. The van der Waals surface area contributed by atoms with Crippen molar-refractivity contribution in [1.29, 1.82) is 0 Å². The number of carboxylic acids is 1. The number of aromatic carboxylic acids is 1. The normalized spacial score (nSPS) is 11.2. The third-order valence-corrected chi connectivity index (χ3v) is 3.39. The third kappa shape index (κ3) is 4.47. The van der Waals surface area contributed by atoms with Gasteiger partial charge in [0, 0.05) is 30.6 Å². The van der Waals surface area contributed by atoms with Gasteiger partial charge in [-0.2, -0.15) is 0 Å². The van der Waals surface area contributed by atoms with E-state index in [1.54, 1.807) is 6.07 Å². The number of hydrogen-bond donors (Lipinski definition) is 2. The van der Waals surface area contributed by atoms with E-state index in [0.29, 0.717) is 6.61 Å². The SMILES string of the molecule is CCOCCN(C)CCOc1ccc2[nH]c(C(=O)O)cc2c1. The van der Waals surface area contributed by atoms with Gasteiger partial charge in [-0.25, -0.2) is 4.79 Å². The molecule has 0 bridgehead atoms. The first-order valence-electron chi connectivity index (χ1n) is 7.35. The van der Waals surface area contributed by atoms with Crippen LogP contribution >= 0.6 is 0 Å². The molecule has 2 N–H and O–H groups in total. The molecule has 0 fully saturated rings. The Morgan fingerprint density at radius 1 is 1.27 bits per heavy atom. The highest BCUT2D eigenvalue weighted by Crippen LogP contribution is 2.21. The van der Waals surface area contributed by atoms with E-state index in [9.17, 15) is 4.79 Å². The molecule has 0 aliphatic rings. The van der Waals surface area contributed by atoms with E-state index in [0.717, 1.165) is 43.0 Å². The Morgan fingerprint density at radius 3 is 2.77 bits per heavy atom. The van der Waals surface area contributed by atoms with Crippen molar-refractivity contribution < 1.29 is 19.4 Å². The molecule has 0 radical (unpaired) electrons. The molecule has 2 rings (SSSR count). The van der Waals surface area contributed by atoms with Crippen LogP contribution in [0.3, 0.4) is 0 Å². The summed E-state index contributed by atoms with van der Waals surface area (Å²) in [5.74, 6) is -0.226. The maximum atomic E-state index is 10.9. The highest BCUT2D eigenvalue weighted by molar-refractivity contribution is 5.94. The molecule has 22 heavy (non-hydrogen) atoms. The first kappa shape index (κ1) is 16.3. The van der Waals surface area contributed by atoms with Crippen LogP contribution in [0.2, 0.25) is 0 Å². The molecule has 120 valence electrons. The van der Waals surface area contributed by atoms with Crippen molar-refractivity contribution in [2.45, 2.75) is 6.92 Å². The second-order valence-corrected chi connectivity index (χ2v) is 5.09. The van der Waals surface area contributed by atoms with Gasteiger partial charge in [0.1, 0.15) is 18.1 Å². The molecular formula is C16H22N2O4. The zero-order chi connectivity index (χ0) is 15.9. The molecule has 2 aromatic rings. The summed E-state index contributed by atoms with van der Waals surface area (Å²) >= 11 is 0. The van der Waals surface area contributed by atoms with E-state index in [2.05, 4.69) is 9.88 Å². The highest BCUT2D eigenvalue weighted by atomic mass is 16.5. The van der Waals surface area contributed by atoms with Gasteiger partial charge >= 0.3 is 5.97 Å². The lowest BCUT2D eigenvalue weighted by molar-refractivity contribution is 0.0691. The molecular weight excluding hydrogens is 284 g/mol. The van der Waals surface area contributed by atoms with Crippen molar-refractivity contribution in [3.05, 3.63) is 30.0 Å². The van der Waals surface area contributed by atoms with Gasteiger partial charge < -0.3 is 24.5 Å². The zero-order valence-electron chi connectivity index (χ0n) is 13.0. The predicted molar refractivity (Wildman–Crippen MR) is 84.7 cm³/mol. The Bertz CT molecular complexity index is 624. The minimum absolute atomic E-state index is 0.183. The van der Waals surface area contributed by atoms with Crippen LogP contribution in [0.5, 0.6) is 5.75 Å². The number of ether oxygens (including phenoxy) is 2. The van der Waals surface area contributed by atoms with Gasteiger partial charge in [0.2, 0.25) is 0 Å². The van der Waals surface area contributed by atoms with E-state index >= 15 is 0 Å². The molecule has 1 heterocycles. The Labute approximate surface area is 129 Å². The number of carboxylic acid groups (broad SMARTS) is 1. The van der Waals surface area contributed by atoms with E-state index in [1.165, 1.54) is 0 Å². The number of nitrogens with one attached hydrogen (secondary N) is 1. The fraction of sp³-hybridized carbons (Fsp3) is 0.438. The summed E-state index contributed by atoms with van der Waals surface area (Å²) in [6.45, 7) is 5.69. The molecule has 1 aromatic carbocycles. The first-order chi connectivity index (χ1) is 10.6. The number of hydrogen-bond acceptors (Lipinski definition) is 4. The average Bonchev–Trinajstić information content (AvgIpc) is 2.91. The van der Waals surface area contributed by atoms with Crippen molar-refractivity contribution in [2.24, 2.45) is 0 Å². The van der Waals surface area contributed by atoms with E-state index in [4.69, 9.17) is 14.6 Å². The summed E-state index contributed by atoms with van der Waals surface area (Å²) in [4.78, 5) is 15.9. The quantitative estimate of drug-likeness (QED) is 0.695. The van der Waals surface area contributed by atoms with Crippen LogP contribution in [0.4, 0.5) is 0 Å². The topological polar surface area (TPSA) is 74.8 Å². The number of rotatable bonds is 9. The lowest BCUT2D eigenvalue weighted by Gasteiger charge is -2.16. The molecule has 0 unspecified atom stereocenters. The van der Waals surface area contributed by atoms with E-state index < -0.39 is 5.97 Å². The maximum absolute atomic E-state index is 10.9. The second-order valence-electron chi connectivity index (χ2n) is 5.09. The minimum Gasteiger partial charge on any atom is -0.492 e.